The second-order valence-electron chi connectivity index (χ2n) is 12.8. The number of phenolic OH excluding ortho intramolecular Hbond substituents is 1. The summed E-state index contributed by atoms with van der Waals surface area (Å²) in [6.07, 6.45) is 4.01. The summed E-state index contributed by atoms with van der Waals surface area (Å²) in [5, 5.41) is 12.3. The maximum atomic E-state index is 13.9. The number of aryl methyl sites for hydroxylation is 2. The van der Waals surface area contributed by atoms with Gasteiger partial charge < -0.3 is 14.6 Å². The number of nitrogens with zero attached hydrogens (tertiary/aromatic N) is 1. The van der Waals surface area contributed by atoms with Crippen molar-refractivity contribution in [2.24, 2.45) is 17.8 Å². The normalized spacial score (nSPS) is 22.5. The second kappa shape index (κ2) is 13.3. The first kappa shape index (κ1) is 31.2. The number of carbonyl (C=O) groups is 2. The van der Waals surface area contributed by atoms with E-state index in [1.165, 1.54) is 10.5 Å². The smallest absolute Gasteiger partial charge is 0.234 e. The molecule has 2 fully saturated rings. The summed E-state index contributed by atoms with van der Waals surface area (Å²) in [6.45, 7) is 4.95. The van der Waals surface area contributed by atoms with Gasteiger partial charge in [0.25, 0.3) is 0 Å². The highest BCUT2D eigenvalue weighted by atomic mass is 32.1. The topological polar surface area (TPSA) is 76.1 Å². The fourth-order valence-corrected chi connectivity index (χ4v) is 8.28. The molecular formula is C40H39NO5S. The summed E-state index contributed by atoms with van der Waals surface area (Å²) in [4.78, 5) is 30.2. The molecule has 2 aliphatic heterocycles. The molecule has 0 saturated carbocycles. The minimum Gasteiger partial charge on any atom is -0.507 e. The molecule has 7 rings (SSSR count). The number of hydrogen-bond donors (Lipinski definition) is 1. The molecule has 1 aromatic heterocycles. The number of rotatable bonds is 10. The number of thiophene rings is 1. The lowest BCUT2D eigenvalue weighted by Crippen LogP contribution is -2.35. The summed E-state index contributed by atoms with van der Waals surface area (Å²) in [6, 6.07) is 28.1. The highest BCUT2D eigenvalue weighted by molar-refractivity contribution is 7.09. The molecule has 2 saturated heterocycles. The molecule has 47 heavy (non-hydrogen) atoms. The van der Waals surface area contributed by atoms with Crippen LogP contribution in [0.15, 0.2) is 101 Å². The van der Waals surface area contributed by atoms with E-state index in [0.717, 1.165) is 56.9 Å². The molecule has 1 aliphatic carbocycles. The number of likely N-dealkylation sites (tertiary alicyclic amines) is 1. The number of hydrogen-bond acceptors (Lipinski definition) is 6. The maximum Gasteiger partial charge on any atom is 0.234 e. The first-order chi connectivity index (χ1) is 22.9. The van der Waals surface area contributed by atoms with Crippen molar-refractivity contribution in [3.63, 3.8) is 0 Å². The van der Waals surface area contributed by atoms with Crippen LogP contribution in [0.4, 0.5) is 0 Å². The Balaban J connectivity index is 1.19. The van der Waals surface area contributed by atoms with Crippen LogP contribution in [-0.2, 0) is 20.9 Å². The number of para-hydroxylation sites is 1. The Hall–Kier alpha value is -4.46. The lowest BCUT2D eigenvalue weighted by Gasteiger charge is -2.32. The third-order valence-corrected chi connectivity index (χ3v) is 10.7. The van der Waals surface area contributed by atoms with Crippen molar-refractivity contribution in [1.82, 2.24) is 4.90 Å². The van der Waals surface area contributed by atoms with Gasteiger partial charge in [-0.2, -0.15) is 0 Å². The van der Waals surface area contributed by atoms with Crippen LogP contribution in [-0.4, -0.2) is 41.1 Å². The Kier molecular flexibility index (Phi) is 8.84. The van der Waals surface area contributed by atoms with Gasteiger partial charge in [0.2, 0.25) is 11.8 Å². The fourth-order valence-electron chi connectivity index (χ4n) is 7.58. The molecule has 4 aromatic rings. The molecule has 0 bridgehead atoms. The quantitative estimate of drug-likeness (QED) is 0.108. The number of imide groups is 1. The number of carbonyl (C=O) groups excluding carboxylic acids is 2. The van der Waals surface area contributed by atoms with Gasteiger partial charge >= 0.3 is 0 Å². The monoisotopic (exact) mass is 645 g/mol. The third-order valence-electron chi connectivity index (χ3n) is 9.82. The molecule has 6 nitrogen and oxygen atoms in total. The van der Waals surface area contributed by atoms with E-state index in [4.69, 9.17) is 9.47 Å². The molecule has 7 heteroatoms. The van der Waals surface area contributed by atoms with Crippen LogP contribution in [0, 0.1) is 31.6 Å². The van der Waals surface area contributed by atoms with E-state index < -0.39 is 11.8 Å². The van der Waals surface area contributed by atoms with Gasteiger partial charge in [0.1, 0.15) is 18.1 Å². The van der Waals surface area contributed by atoms with E-state index in [-0.39, 0.29) is 23.8 Å². The van der Waals surface area contributed by atoms with Crippen LogP contribution < -0.4 is 4.74 Å². The molecule has 0 unspecified atom stereocenters. The van der Waals surface area contributed by atoms with Gasteiger partial charge in [-0.05, 0) is 108 Å². The van der Waals surface area contributed by atoms with E-state index >= 15 is 0 Å². The molecule has 0 radical (unpaired) electrons. The molecule has 2 amide bonds. The van der Waals surface area contributed by atoms with E-state index in [9.17, 15) is 14.7 Å². The lowest BCUT2D eigenvalue weighted by molar-refractivity contribution is -0.140. The van der Waals surface area contributed by atoms with Crippen molar-refractivity contribution >= 4 is 34.8 Å². The van der Waals surface area contributed by atoms with Crippen molar-refractivity contribution in [2.45, 2.75) is 45.8 Å². The number of phenols is 1. The molecule has 1 N–H and O–H groups in total. The minimum absolute atomic E-state index is 0.0777. The molecule has 3 heterocycles. The zero-order valence-electron chi connectivity index (χ0n) is 26.7. The Morgan fingerprint density at radius 3 is 2.38 bits per heavy atom. The van der Waals surface area contributed by atoms with Crippen LogP contribution in [0.5, 0.6) is 11.5 Å². The summed E-state index contributed by atoms with van der Waals surface area (Å²) in [5.74, 6) is -0.00616. The van der Waals surface area contributed by atoms with Crippen LogP contribution in [0.2, 0.25) is 0 Å². The Labute approximate surface area is 280 Å². The minimum atomic E-state index is -0.407. The van der Waals surface area contributed by atoms with Crippen LogP contribution >= 0.6 is 11.3 Å². The second-order valence-corrected chi connectivity index (χ2v) is 13.9. The van der Waals surface area contributed by atoms with E-state index in [1.54, 1.807) is 11.3 Å². The zero-order chi connectivity index (χ0) is 32.5. The number of allylic oxidation sites excluding steroid dienone is 1. The van der Waals surface area contributed by atoms with Gasteiger partial charge in [-0.3, -0.25) is 14.5 Å². The summed E-state index contributed by atoms with van der Waals surface area (Å²) < 4.78 is 12.8. The van der Waals surface area contributed by atoms with Gasteiger partial charge in [0, 0.05) is 10.8 Å². The number of ether oxygens (including phenoxy) is 2. The van der Waals surface area contributed by atoms with Crippen molar-refractivity contribution in [1.29, 1.82) is 0 Å². The Morgan fingerprint density at radius 2 is 1.68 bits per heavy atom. The number of aromatic hydroxyl groups is 1. The maximum absolute atomic E-state index is 13.9. The van der Waals surface area contributed by atoms with Gasteiger partial charge in [-0.25, -0.2) is 0 Å². The van der Waals surface area contributed by atoms with Crippen molar-refractivity contribution in [3.8, 4) is 11.5 Å². The van der Waals surface area contributed by atoms with Crippen molar-refractivity contribution in [2.75, 3.05) is 13.2 Å². The molecule has 4 atom stereocenters. The summed E-state index contributed by atoms with van der Waals surface area (Å²) in [7, 11) is 0. The van der Waals surface area contributed by atoms with Gasteiger partial charge in [-0.15, -0.1) is 11.3 Å². The van der Waals surface area contributed by atoms with E-state index in [2.05, 4.69) is 18.2 Å². The molecule has 240 valence electrons. The number of amides is 2. The van der Waals surface area contributed by atoms with Crippen LogP contribution in [0.3, 0.4) is 0 Å². The molecule has 0 spiro atoms. The van der Waals surface area contributed by atoms with Crippen molar-refractivity contribution < 1.29 is 24.2 Å². The number of fused-ring (bicyclic) bond motifs is 3. The zero-order valence-corrected chi connectivity index (χ0v) is 27.5. The Bertz CT molecular complexity index is 1810. The van der Waals surface area contributed by atoms with Gasteiger partial charge in [0.05, 0.1) is 31.1 Å². The first-order valence-electron chi connectivity index (χ1n) is 16.3. The Morgan fingerprint density at radius 1 is 0.957 bits per heavy atom. The molecule has 3 aromatic carbocycles. The van der Waals surface area contributed by atoms with Crippen molar-refractivity contribution in [3.05, 3.63) is 129 Å². The summed E-state index contributed by atoms with van der Waals surface area (Å²) >= 11 is 1.56. The molecule has 3 aliphatic rings. The lowest BCUT2D eigenvalue weighted by atomic mass is 9.69. The summed E-state index contributed by atoms with van der Waals surface area (Å²) in [5.41, 5.74) is 7.27. The highest BCUT2D eigenvalue weighted by Crippen LogP contribution is 2.50. The average Bonchev–Trinajstić information content (AvgIpc) is 3.82. The fraction of sp³-hybridized carbons (Fsp3) is 0.300. The van der Waals surface area contributed by atoms with Gasteiger partial charge in [-0.1, -0.05) is 60.7 Å². The highest BCUT2D eigenvalue weighted by Gasteiger charge is 2.57. The predicted octanol–water partition coefficient (Wildman–Crippen LogP) is 7.99. The van der Waals surface area contributed by atoms with E-state index in [0.29, 0.717) is 31.9 Å². The molecular weight excluding hydrogens is 607 g/mol. The SMILES string of the molecule is Cc1cc(/C=C(/CC[C@H]2OC[C@H]3C2=C(COc2ccccc2)C[C@H]2C(=O)N(Cc4cccs4)C(=O)[C@H]23)c2ccccc2)cc(C)c1O. The van der Waals surface area contributed by atoms with Crippen LogP contribution in [0.1, 0.15) is 46.4 Å². The first-order valence-corrected chi connectivity index (χ1v) is 17.2. The van der Waals surface area contributed by atoms with Crippen LogP contribution in [0.25, 0.3) is 11.6 Å². The predicted molar refractivity (Wildman–Crippen MR) is 185 cm³/mol. The largest absolute Gasteiger partial charge is 0.507 e. The number of benzene rings is 3. The van der Waals surface area contributed by atoms with Gasteiger partial charge in [0.15, 0.2) is 0 Å². The average molecular weight is 646 g/mol. The third kappa shape index (κ3) is 6.30. The van der Waals surface area contributed by atoms with E-state index in [1.807, 2.05) is 92.0 Å². The standard InChI is InChI=1S/C40H39NO5S/c1-25-18-27(19-26(2)38(25)42)20-29(28-10-5-3-6-11-28)15-16-35-36-30(23-45-31-12-7-4-8-13-31)21-33-37(34(36)24-46-35)40(44)41(39(33)43)22-32-14-9-17-47-32/h3-14,17-20,33-35,37,42H,15-16,21-24H2,1-2H3/b29-20-/t33-,34+,35-,37-/m1/s1.